The largest absolute Gasteiger partial charge is 0.390 e. The fourth-order valence-electron chi connectivity index (χ4n) is 1.97. The minimum Gasteiger partial charge on any atom is -0.390 e. The molecule has 0 bridgehead atoms. The van der Waals surface area contributed by atoms with Crippen molar-refractivity contribution in [2.75, 3.05) is 50.5 Å². The van der Waals surface area contributed by atoms with E-state index in [0.29, 0.717) is 13.1 Å². The lowest BCUT2D eigenvalue weighted by atomic mass is 10.2. The molecule has 19 heavy (non-hydrogen) atoms. The molecule has 4 nitrogen and oxygen atoms in total. The van der Waals surface area contributed by atoms with Crippen LogP contribution in [0.5, 0.6) is 0 Å². The molecule has 4 heteroatoms. The van der Waals surface area contributed by atoms with E-state index in [2.05, 4.69) is 41.1 Å². The predicted molar refractivity (Wildman–Crippen MR) is 83.1 cm³/mol. The van der Waals surface area contributed by atoms with Crippen molar-refractivity contribution in [3.8, 4) is 0 Å². The maximum absolute atomic E-state index is 10.0. The molecule has 0 aromatic heterocycles. The fraction of sp³-hybridized carbons (Fsp3) is 0.600. The fourth-order valence-corrected chi connectivity index (χ4v) is 1.97. The van der Waals surface area contributed by atoms with Gasteiger partial charge in [0.1, 0.15) is 0 Å². The Bertz CT molecular complexity index is 364. The third-order valence-electron chi connectivity index (χ3n) is 3.27. The van der Waals surface area contributed by atoms with Crippen LogP contribution in [0.25, 0.3) is 0 Å². The van der Waals surface area contributed by atoms with Gasteiger partial charge >= 0.3 is 0 Å². The van der Waals surface area contributed by atoms with Crippen LogP contribution in [0.3, 0.4) is 0 Å². The van der Waals surface area contributed by atoms with E-state index in [1.807, 2.05) is 26.2 Å². The molecule has 0 amide bonds. The van der Waals surface area contributed by atoms with Crippen LogP contribution >= 0.6 is 0 Å². The Morgan fingerprint density at radius 1 is 1.21 bits per heavy atom. The van der Waals surface area contributed by atoms with Gasteiger partial charge in [-0.05, 0) is 31.3 Å². The number of hydrogen-bond donors (Lipinski definition) is 2. The lowest BCUT2D eigenvalue weighted by molar-refractivity contribution is 0.128. The van der Waals surface area contributed by atoms with Gasteiger partial charge < -0.3 is 20.2 Å². The molecule has 1 unspecified atom stereocenters. The molecule has 1 aromatic rings. The summed E-state index contributed by atoms with van der Waals surface area (Å²) in [7, 11) is 4.04. The zero-order valence-corrected chi connectivity index (χ0v) is 12.6. The average molecular weight is 265 g/mol. The van der Waals surface area contributed by atoms with Crippen molar-refractivity contribution in [3.05, 3.63) is 24.3 Å². The minimum atomic E-state index is -0.345. The number of hydrogen-bond acceptors (Lipinski definition) is 4. The van der Waals surface area contributed by atoms with E-state index in [9.17, 15) is 5.11 Å². The summed E-state index contributed by atoms with van der Waals surface area (Å²) >= 11 is 0. The molecule has 2 N–H and O–H groups in total. The maximum Gasteiger partial charge on any atom is 0.0839 e. The summed E-state index contributed by atoms with van der Waals surface area (Å²) < 4.78 is 0. The van der Waals surface area contributed by atoms with Crippen LogP contribution in [-0.4, -0.2) is 56.4 Å². The zero-order valence-electron chi connectivity index (χ0n) is 12.6. The SMILES string of the molecule is CCN(CC)CC(O)CNc1cccc(N(C)C)c1. The molecule has 0 aliphatic carbocycles. The number of rotatable bonds is 8. The summed E-state index contributed by atoms with van der Waals surface area (Å²) in [5, 5.41) is 13.3. The van der Waals surface area contributed by atoms with Crippen LogP contribution in [-0.2, 0) is 0 Å². The third kappa shape index (κ3) is 5.49. The first-order valence-corrected chi connectivity index (χ1v) is 6.98. The second kappa shape index (κ2) is 8.02. The molecular formula is C15H27N3O. The summed E-state index contributed by atoms with van der Waals surface area (Å²) in [5.74, 6) is 0. The Kier molecular flexibility index (Phi) is 6.67. The lowest BCUT2D eigenvalue weighted by Crippen LogP contribution is -2.35. The quantitative estimate of drug-likeness (QED) is 0.752. The van der Waals surface area contributed by atoms with Gasteiger partial charge in [0.15, 0.2) is 0 Å². The summed E-state index contributed by atoms with van der Waals surface area (Å²) in [6.07, 6.45) is -0.345. The molecule has 1 aromatic carbocycles. The Balaban J connectivity index is 2.45. The van der Waals surface area contributed by atoms with Crippen LogP contribution in [0.4, 0.5) is 11.4 Å². The van der Waals surface area contributed by atoms with Gasteiger partial charge in [-0.15, -0.1) is 0 Å². The molecule has 0 fully saturated rings. The molecule has 0 radical (unpaired) electrons. The van der Waals surface area contributed by atoms with Crippen molar-refractivity contribution in [2.45, 2.75) is 20.0 Å². The number of aliphatic hydroxyl groups excluding tert-OH is 1. The Morgan fingerprint density at radius 3 is 2.47 bits per heavy atom. The predicted octanol–water partition coefficient (Wildman–Crippen LogP) is 1.87. The van der Waals surface area contributed by atoms with Crippen molar-refractivity contribution in [1.29, 1.82) is 0 Å². The third-order valence-corrected chi connectivity index (χ3v) is 3.27. The number of benzene rings is 1. The first-order chi connectivity index (χ1) is 9.06. The molecule has 108 valence electrons. The minimum absolute atomic E-state index is 0.345. The Labute approximate surface area is 117 Å². The summed E-state index contributed by atoms with van der Waals surface area (Å²) in [6.45, 7) is 7.47. The van der Waals surface area contributed by atoms with Gasteiger partial charge in [0.05, 0.1) is 6.10 Å². The topological polar surface area (TPSA) is 38.7 Å². The summed E-state index contributed by atoms with van der Waals surface area (Å²) in [4.78, 5) is 4.29. The van der Waals surface area contributed by atoms with Gasteiger partial charge in [0.25, 0.3) is 0 Å². The standard InChI is InChI=1S/C15H27N3O/c1-5-18(6-2)12-15(19)11-16-13-8-7-9-14(10-13)17(3)4/h7-10,15-16,19H,5-6,11-12H2,1-4H3. The highest BCUT2D eigenvalue weighted by molar-refractivity contribution is 5.57. The van der Waals surface area contributed by atoms with Gasteiger partial charge in [-0.2, -0.15) is 0 Å². The van der Waals surface area contributed by atoms with Gasteiger partial charge in [-0.1, -0.05) is 19.9 Å². The first kappa shape index (κ1) is 15.8. The second-order valence-corrected chi connectivity index (χ2v) is 4.97. The van der Waals surface area contributed by atoms with E-state index in [1.165, 1.54) is 0 Å². The first-order valence-electron chi connectivity index (χ1n) is 6.98. The molecule has 1 atom stereocenters. The van der Waals surface area contributed by atoms with Crippen LogP contribution < -0.4 is 10.2 Å². The smallest absolute Gasteiger partial charge is 0.0839 e. The number of nitrogens with one attached hydrogen (secondary N) is 1. The highest BCUT2D eigenvalue weighted by Crippen LogP contribution is 2.17. The van der Waals surface area contributed by atoms with E-state index >= 15 is 0 Å². The van der Waals surface area contributed by atoms with Gasteiger partial charge in [-0.3, -0.25) is 0 Å². The molecule has 1 rings (SSSR count). The number of aliphatic hydroxyl groups is 1. The molecule has 0 aliphatic rings. The molecule has 0 heterocycles. The number of nitrogens with zero attached hydrogens (tertiary/aromatic N) is 2. The molecule has 0 spiro atoms. The van der Waals surface area contributed by atoms with E-state index < -0.39 is 0 Å². The molecular weight excluding hydrogens is 238 g/mol. The monoisotopic (exact) mass is 265 g/mol. The van der Waals surface area contributed by atoms with Gasteiger partial charge in [-0.25, -0.2) is 0 Å². The van der Waals surface area contributed by atoms with E-state index in [1.54, 1.807) is 0 Å². The number of anilines is 2. The molecule has 0 saturated carbocycles. The Morgan fingerprint density at radius 2 is 1.89 bits per heavy atom. The van der Waals surface area contributed by atoms with Crippen LogP contribution in [0.1, 0.15) is 13.8 Å². The van der Waals surface area contributed by atoms with Gasteiger partial charge in [0, 0.05) is 38.6 Å². The van der Waals surface area contributed by atoms with E-state index in [0.717, 1.165) is 24.5 Å². The average Bonchev–Trinajstić information content (AvgIpc) is 2.42. The normalized spacial score (nSPS) is 12.5. The second-order valence-electron chi connectivity index (χ2n) is 4.97. The van der Waals surface area contributed by atoms with Crippen molar-refractivity contribution in [1.82, 2.24) is 4.90 Å². The van der Waals surface area contributed by atoms with Crippen molar-refractivity contribution < 1.29 is 5.11 Å². The van der Waals surface area contributed by atoms with E-state index in [4.69, 9.17) is 0 Å². The number of likely N-dealkylation sites (N-methyl/N-ethyl adjacent to an activating group) is 1. The lowest BCUT2D eigenvalue weighted by Gasteiger charge is -2.22. The molecule has 0 saturated heterocycles. The molecule has 0 aliphatic heterocycles. The van der Waals surface area contributed by atoms with Crippen LogP contribution in [0.2, 0.25) is 0 Å². The van der Waals surface area contributed by atoms with Crippen molar-refractivity contribution >= 4 is 11.4 Å². The van der Waals surface area contributed by atoms with Crippen molar-refractivity contribution in [2.24, 2.45) is 0 Å². The zero-order chi connectivity index (χ0) is 14.3. The van der Waals surface area contributed by atoms with Crippen LogP contribution in [0.15, 0.2) is 24.3 Å². The van der Waals surface area contributed by atoms with Crippen molar-refractivity contribution in [3.63, 3.8) is 0 Å². The van der Waals surface area contributed by atoms with Gasteiger partial charge in [0.2, 0.25) is 0 Å². The summed E-state index contributed by atoms with van der Waals surface area (Å²) in [6, 6.07) is 8.20. The maximum atomic E-state index is 10.0. The van der Waals surface area contributed by atoms with Crippen LogP contribution in [0, 0.1) is 0 Å². The highest BCUT2D eigenvalue weighted by atomic mass is 16.3. The van der Waals surface area contributed by atoms with E-state index in [-0.39, 0.29) is 6.10 Å². The Hall–Kier alpha value is -1.26. The highest BCUT2D eigenvalue weighted by Gasteiger charge is 2.08. The summed E-state index contributed by atoms with van der Waals surface area (Å²) in [5.41, 5.74) is 2.20.